The Morgan fingerprint density at radius 2 is 1.71 bits per heavy atom. The molecule has 0 radical (unpaired) electrons. The van der Waals surface area contributed by atoms with Crippen molar-refractivity contribution in [2.45, 2.75) is 17.9 Å². The van der Waals surface area contributed by atoms with Crippen molar-refractivity contribution in [1.82, 2.24) is 5.32 Å². The number of thioether (sulfide) groups is 1. The van der Waals surface area contributed by atoms with E-state index in [4.69, 9.17) is 0 Å². The van der Waals surface area contributed by atoms with Crippen molar-refractivity contribution < 1.29 is 14.0 Å². The summed E-state index contributed by atoms with van der Waals surface area (Å²) in [4.78, 5) is 28.7. The molecule has 1 heterocycles. The molecular weight excluding hydrogens is 411 g/mol. The number of carbonyl (C=O) groups excluding carboxylic acids is 2. The number of anilines is 1. The fraction of sp³-hybridized carbons (Fsp3) is 0.120. The first-order valence-corrected chi connectivity index (χ1v) is 10.7. The minimum atomic E-state index is -0.400. The van der Waals surface area contributed by atoms with Gasteiger partial charge in [-0.1, -0.05) is 72.4 Å². The zero-order valence-electron chi connectivity index (χ0n) is 16.9. The standard InChI is InChI=1S/C25H21FN2O2S/c1-17(18-9-3-2-4-10-18)27-24(29)16-28-21-13-7-8-14-22(21)31-23(25(28)30)15-19-11-5-6-12-20(19)26/h2-15,17H,16H2,1H3,(H,27,29). The third kappa shape index (κ3) is 4.70. The van der Waals surface area contributed by atoms with Gasteiger partial charge in [0, 0.05) is 10.5 Å². The Hall–Kier alpha value is -3.38. The first-order chi connectivity index (χ1) is 15.0. The monoisotopic (exact) mass is 432 g/mol. The van der Waals surface area contributed by atoms with Crippen molar-refractivity contribution in [1.29, 1.82) is 0 Å². The average Bonchev–Trinajstić information content (AvgIpc) is 2.78. The number of halogens is 1. The molecule has 1 unspecified atom stereocenters. The van der Waals surface area contributed by atoms with Crippen LogP contribution in [0.1, 0.15) is 24.1 Å². The van der Waals surface area contributed by atoms with E-state index in [0.29, 0.717) is 16.2 Å². The minimum absolute atomic E-state index is 0.123. The number of hydrogen-bond acceptors (Lipinski definition) is 3. The lowest BCUT2D eigenvalue weighted by molar-refractivity contribution is -0.122. The number of carbonyl (C=O) groups is 2. The molecule has 0 aliphatic carbocycles. The van der Waals surface area contributed by atoms with Crippen LogP contribution in [0.5, 0.6) is 0 Å². The molecule has 3 aromatic rings. The summed E-state index contributed by atoms with van der Waals surface area (Å²) in [5.74, 6) is -0.991. The number of benzene rings is 3. The maximum atomic E-state index is 14.1. The van der Waals surface area contributed by atoms with Crippen LogP contribution in [0.15, 0.2) is 88.7 Å². The van der Waals surface area contributed by atoms with Gasteiger partial charge in [-0.15, -0.1) is 0 Å². The van der Waals surface area contributed by atoms with Crippen LogP contribution in [-0.2, 0) is 9.59 Å². The van der Waals surface area contributed by atoms with Crippen molar-refractivity contribution in [3.63, 3.8) is 0 Å². The van der Waals surface area contributed by atoms with E-state index in [1.165, 1.54) is 28.8 Å². The zero-order chi connectivity index (χ0) is 21.8. The molecule has 3 aromatic carbocycles. The predicted octanol–water partition coefficient (Wildman–Crippen LogP) is 5.18. The lowest BCUT2D eigenvalue weighted by Crippen LogP contribution is -2.43. The highest BCUT2D eigenvalue weighted by Gasteiger charge is 2.30. The lowest BCUT2D eigenvalue weighted by Gasteiger charge is -2.30. The van der Waals surface area contributed by atoms with Gasteiger partial charge in [-0.25, -0.2) is 4.39 Å². The summed E-state index contributed by atoms with van der Waals surface area (Å²) in [7, 11) is 0. The van der Waals surface area contributed by atoms with Gasteiger partial charge in [-0.05, 0) is 36.8 Å². The largest absolute Gasteiger partial charge is 0.348 e. The fourth-order valence-corrected chi connectivity index (χ4v) is 4.46. The zero-order valence-corrected chi connectivity index (χ0v) is 17.7. The highest BCUT2D eigenvalue weighted by Crippen LogP contribution is 2.42. The normalized spacial score (nSPS) is 15.5. The SMILES string of the molecule is CC(NC(=O)CN1C(=O)C(=Cc2ccccc2F)Sc2ccccc21)c1ccccc1. The molecule has 1 aliphatic heterocycles. The van der Waals surface area contributed by atoms with Crippen LogP contribution in [0.2, 0.25) is 0 Å². The second kappa shape index (κ2) is 9.18. The van der Waals surface area contributed by atoms with Crippen LogP contribution in [-0.4, -0.2) is 18.4 Å². The molecule has 0 fully saturated rings. The van der Waals surface area contributed by atoms with E-state index in [-0.39, 0.29) is 24.4 Å². The Balaban J connectivity index is 1.59. The molecule has 0 bridgehead atoms. The molecule has 0 saturated carbocycles. The summed E-state index contributed by atoms with van der Waals surface area (Å²) in [5, 5.41) is 2.95. The third-order valence-corrected chi connectivity index (χ3v) is 6.08. The molecule has 0 saturated heterocycles. The highest BCUT2D eigenvalue weighted by atomic mass is 32.2. The number of hydrogen-bond donors (Lipinski definition) is 1. The number of fused-ring (bicyclic) bond motifs is 1. The van der Waals surface area contributed by atoms with E-state index < -0.39 is 5.82 Å². The maximum Gasteiger partial charge on any atom is 0.265 e. The van der Waals surface area contributed by atoms with Gasteiger partial charge in [0.05, 0.1) is 16.6 Å². The highest BCUT2D eigenvalue weighted by molar-refractivity contribution is 8.04. The topological polar surface area (TPSA) is 49.4 Å². The number of para-hydroxylation sites is 1. The predicted molar refractivity (Wildman–Crippen MR) is 122 cm³/mol. The first kappa shape index (κ1) is 20.9. The Morgan fingerprint density at radius 1 is 1.03 bits per heavy atom. The van der Waals surface area contributed by atoms with E-state index in [1.54, 1.807) is 18.2 Å². The average molecular weight is 433 g/mol. The van der Waals surface area contributed by atoms with Crippen molar-refractivity contribution in [3.05, 3.63) is 101 Å². The number of nitrogens with zero attached hydrogens (tertiary/aromatic N) is 1. The molecule has 4 nitrogen and oxygen atoms in total. The number of amides is 2. The Kier molecular flexibility index (Phi) is 6.18. The smallest absolute Gasteiger partial charge is 0.265 e. The van der Waals surface area contributed by atoms with Gasteiger partial charge in [-0.3, -0.25) is 14.5 Å². The van der Waals surface area contributed by atoms with Gasteiger partial charge < -0.3 is 5.32 Å². The van der Waals surface area contributed by atoms with Gasteiger partial charge in [0.2, 0.25) is 5.91 Å². The van der Waals surface area contributed by atoms with Crippen LogP contribution in [0.4, 0.5) is 10.1 Å². The van der Waals surface area contributed by atoms with Crippen molar-refractivity contribution in [2.75, 3.05) is 11.4 Å². The first-order valence-electron chi connectivity index (χ1n) is 9.92. The minimum Gasteiger partial charge on any atom is -0.348 e. The summed E-state index contributed by atoms with van der Waals surface area (Å²) < 4.78 is 14.1. The summed E-state index contributed by atoms with van der Waals surface area (Å²) in [6.07, 6.45) is 1.54. The molecule has 6 heteroatoms. The summed E-state index contributed by atoms with van der Waals surface area (Å²) in [6.45, 7) is 1.78. The molecule has 0 spiro atoms. The van der Waals surface area contributed by atoms with Crippen LogP contribution in [0.25, 0.3) is 6.08 Å². The van der Waals surface area contributed by atoms with Gasteiger partial charge in [0.15, 0.2) is 0 Å². The van der Waals surface area contributed by atoms with Gasteiger partial charge in [0.25, 0.3) is 5.91 Å². The second-order valence-corrected chi connectivity index (χ2v) is 8.27. The van der Waals surface area contributed by atoms with Crippen molar-refractivity contribution in [3.8, 4) is 0 Å². The molecule has 2 amide bonds. The summed E-state index contributed by atoms with van der Waals surface area (Å²) in [6, 6.07) is 23.2. The van der Waals surface area contributed by atoms with E-state index in [9.17, 15) is 14.0 Å². The molecular formula is C25H21FN2O2S. The van der Waals surface area contributed by atoms with Gasteiger partial charge in [-0.2, -0.15) is 0 Å². The van der Waals surface area contributed by atoms with E-state index in [2.05, 4.69) is 5.32 Å². The fourth-order valence-electron chi connectivity index (χ4n) is 3.41. The van der Waals surface area contributed by atoms with E-state index in [1.807, 2.05) is 61.5 Å². The van der Waals surface area contributed by atoms with Crippen LogP contribution in [0.3, 0.4) is 0 Å². The molecule has 4 rings (SSSR count). The summed E-state index contributed by atoms with van der Waals surface area (Å²) in [5.41, 5.74) is 1.99. The number of rotatable bonds is 5. The Labute approximate surface area is 184 Å². The quantitative estimate of drug-likeness (QED) is 0.565. The van der Waals surface area contributed by atoms with Gasteiger partial charge in [0.1, 0.15) is 12.4 Å². The van der Waals surface area contributed by atoms with Crippen LogP contribution >= 0.6 is 11.8 Å². The molecule has 1 N–H and O–H groups in total. The molecule has 31 heavy (non-hydrogen) atoms. The van der Waals surface area contributed by atoms with Crippen molar-refractivity contribution >= 4 is 35.3 Å². The Morgan fingerprint density at radius 3 is 2.48 bits per heavy atom. The number of nitrogens with one attached hydrogen (secondary N) is 1. The van der Waals surface area contributed by atoms with E-state index in [0.717, 1.165) is 10.5 Å². The van der Waals surface area contributed by atoms with E-state index >= 15 is 0 Å². The maximum absolute atomic E-state index is 14.1. The lowest BCUT2D eigenvalue weighted by atomic mass is 10.1. The molecule has 156 valence electrons. The van der Waals surface area contributed by atoms with Gasteiger partial charge >= 0.3 is 0 Å². The molecule has 0 aromatic heterocycles. The molecule has 1 aliphatic rings. The van der Waals surface area contributed by atoms with Crippen LogP contribution < -0.4 is 10.2 Å². The molecule has 1 atom stereocenters. The Bertz CT molecular complexity index is 1150. The third-order valence-electron chi connectivity index (χ3n) is 5.00. The van der Waals surface area contributed by atoms with Crippen LogP contribution in [0, 0.1) is 5.82 Å². The summed E-state index contributed by atoms with van der Waals surface area (Å²) >= 11 is 1.28. The second-order valence-electron chi connectivity index (χ2n) is 7.19. The van der Waals surface area contributed by atoms with Crippen molar-refractivity contribution in [2.24, 2.45) is 0 Å².